The molecule has 64 heavy (non-hydrogen) atoms. The van der Waals surface area contributed by atoms with E-state index in [9.17, 15) is 9.59 Å². The topological polar surface area (TPSA) is 93.1 Å². The number of halogens is 1. The van der Waals surface area contributed by atoms with Crippen molar-refractivity contribution < 1.29 is 29.3 Å². The van der Waals surface area contributed by atoms with E-state index in [1.807, 2.05) is 210 Å². The molecule has 6 nitrogen and oxygen atoms in total. The van der Waals surface area contributed by atoms with Crippen molar-refractivity contribution in [2.45, 2.75) is 115 Å². The Balaban J connectivity index is -0.000000208. The molecule has 1 aliphatic rings. The Bertz CT molecular complexity index is 1650. The van der Waals surface area contributed by atoms with Crippen LogP contribution in [0.1, 0.15) is 139 Å². The minimum absolute atomic E-state index is 0.121. The molecule has 0 atom stereocenters. The Morgan fingerprint density at radius 1 is 0.484 bits per heavy atom. The van der Waals surface area contributed by atoms with Crippen LogP contribution in [0, 0.1) is 6.92 Å². The number of rotatable bonds is 5. The third-order valence-electron chi connectivity index (χ3n) is 6.86. The summed E-state index contributed by atoms with van der Waals surface area (Å²) >= 11 is 3.36. The molecule has 7 rings (SSSR count). The third-order valence-corrected chi connectivity index (χ3v) is 7.51. The predicted molar refractivity (Wildman–Crippen MR) is 282 cm³/mol. The minimum Gasteiger partial charge on any atom is -0.478 e. The molecule has 1 aliphatic heterocycles. The van der Waals surface area contributed by atoms with Gasteiger partial charge >= 0.3 is 5.97 Å². The zero-order valence-electron chi connectivity index (χ0n) is 41.6. The van der Waals surface area contributed by atoms with Gasteiger partial charge in [0.15, 0.2) is 12.1 Å². The second-order valence-corrected chi connectivity index (χ2v) is 11.6. The summed E-state index contributed by atoms with van der Waals surface area (Å²) in [6, 6.07) is 57.6. The zero-order valence-corrected chi connectivity index (χ0v) is 43.2. The summed E-state index contributed by atoms with van der Waals surface area (Å²) in [5.41, 5.74) is 5.82. The number of carboxylic acid groups (broad SMARTS) is 1. The van der Waals surface area contributed by atoms with Crippen molar-refractivity contribution >= 4 is 27.7 Å². The Labute approximate surface area is 398 Å². The maximum absolute atomic E-state index is 10.6. The summed E-state index contributed by atoms with van der Waals surface area (Å²) in [5, 5.41) is 17.9. The van der Waals surface area contributed by atoms with Gasteiger partial charge in [-0.15, -0.1) is 0 Å². The molecule has 0 spiro atoms. The molecule has 0 aliphatic carbocycles. The Kier molecular flexibility index (Phi) is 59.2. The number of carbonyl (C=O) groups is 2. The number of aliphatic hydroxyl groups excluding tert-OH is 1. The number of aromatic carboxylic acids is 1. The van der Waals surface area contributed by atoms with Gasteiger partial charge < -0.3 is 19.7 Å². The van der Waals surface area contributed by atoms with E-state index in [1.54, 1.807) is 37.3 Å². The molecule has 1 heterocycles. The summed E-state index contributed by atoms with van der Waals surface area (Å²) in [6.45, 7) is 29.2. The van der Waals surface area contributed by atoms with E-state index in [-0.39, 0.29) is 18.7 Å². The predicted octanol–water partition coefficient (Wildman–Crippen LogP) is 16.9. The summed E-state index contributed by atoms with van der Waals surface area (Å²) in [7, 11) is 0. The molecule has 6 aromatic carbocycles. The number of ketones is 1. The number of carbonyl (C=O) groups excluding carboxylic acids is 1. The first kappa shape index (κ1) is 67.9. The van der Waals surface area contributed by atoms with Gasteiger partial charge in [-0.1, -0.05) is 274 Å². The molecule has 2 N–H and O–H groups in total. The monoisotopic (exact) mass is 943 g/mol. The molecule has 7 heteroatoms. The number of hydrogen-bond donors (Lipinski definition) is 2. The zero-order chi connectivity index (χ0) is 49.7. The van der Waals surface area contributed by atoms with Gasteiger partial charge in [0, 0.05) is 16.5 Å². The van der Waals surface area contributed by atoms with E-state index in [2.05, 4.69) is 47.1 Å². The number of alkyl halides is 1. The van der Waals surface area contributed by atoms with Gasteiger partial charge in [0.25, 0.3) is 0 Å². The fourth-order valence-electron chi connectivity index (χ4n) is 4.10. The smallest absolute Gasteiger partial charge is 0.335 e. The summed E-state index contributed by atoms with van der Waals surface area (Å²) in [5.74, 6) is -0.758. The SMILES string of the molecule is BrCc1ccccc1.CC.CC.CC.CC.CC.CC.CC(=O)c1ccccc1.Cc1ccccc1.O=C(O)c1ccccc1.OCc1ccccc1.c1ccc(C2OCCO2)cc1. The molecule has 0 unspecified atom stereocenters. The summed E-state index contributed by atoms with van der Waals surface area (Å²) < 4.78 is 10.6. The van der Waals surface area contributed by atoms with Gasteiger partial charge in [0.2, 0.25) is 0 Å². The lowest BCUT2D eigenvalue weighted by Gasteiger charge is -2.07. The van der Waals surface area contributed by atoms with Crippen molar-refractivity contribution in [1.82, 2.24) is 0 Å². The molecule has 6 aromatic rings. The van der Waals surface area contributed by atoms with Crippen LogP contribution in [0.15, 0.2) is 182 Å². The maximum Gasteiger partial charge on any atom is 0.335 e. The van der Waals surface area contributed by atoms with Crippen molar-refractivity contribution in [3.05, 3.63) is 215 Å². The normalized spacial score (nSPS) is 9.56. The second-order valence-electron chi connectivity index (χ2n) is 11.0. The lowest BCUT2D eigenvalue weighted by atomic mass is 10.2. The van der Waals surface area contributed by atoms with Crippen molar-refractivity contribution in [1.29, 1.82) is 0 Å². The molecule has 0 aromatic heterocycles. The van der Waals surface area contributed by atoms with Crippen LogP contribution < -0.4 is 0 Å². The first-order chi connectivity index (χ1) is 31.3. The van der Waals surface area contributed by atoms with Gasteiger partial charge in [-0.3, -0.25) is 4.79 Å². The van der Waals surface area contributed by atoms with Crippen LogP contribution in [-0.4, -0.2) is 35.2 Å². The standard InChI is InChI=1S/C9H10O2.C8H8O.C7H7Br.C7H6O2.C7H8O.C7H8.6C2H6/c1-2-4-8(5-3-1)9-10-6-7-11-9;1-7(9)8-5-3-2-4-6-8;8-6-7-4-2-1-3-5-7;8-7(9)6-4-2-1-3-5-6;8-6-7-4-2-1-3-5-7;1-7-5-3-2-4-6-7;6*1-2/h1-5,9H,6-7H2;2-6H,1H3;1-5H,6H2;1-5H,(H,8,9);1-5,8H,6H2;2-6H,1H3;6*1-2H3. The van der Waals surface area contributed by atoms with Gasteiger partial charge in [0.05, 0.1) is 25.4 Å². The largest absolute Gasteiger partial charge is 0.478 e. The average molecular weight is 944 g/mol. The summed E-state index contributed by atoms with van der Waals surface area (Å²) in [6.07, 6.45) is -0.129. The van der Waals surface area contributed by atoms with E-state index in [0.29, 0.717) is 18.8 Å². The average Bonchev–Trinajstić information content (AvgIpc) is 3.96. The molecule has 0 saturated carbocycles. The van der Waals surface area contributed by atoms with E-state index >= 15 is 0 Å². The van der Waals surface area contributed by atoms with Crippen molar-refractivity contribution in [2.75, 3.05) is 13.2 Å². The molecule has 354 valence electrons. The van der Waals surface area contributed by atoms with Crippen LogP contribution in [0.3, 0.4) is 0 Å². The van der Waals surface area contributed by atoms with Crippen molar-refractivity contribution in [2.24, 2.45) is 0 Å². The minimum atomic E-state index is -0.879. The number of hydrogen-bond acceptors (Lipinski definition) is 5. The maximum atomic E-state index is 10.6. The van der Waals surface area contributed by atoms with E-state index in [0.717, 1.165) is 22.0 Å². The highest BCUT2D eigenvalue weighted by atomic mass is 79.9. The summed E-state index contributed by atoms with van der Waals surface area (Å²) in [4.78, 5) is 20.8. The Morgan fingerprint density at radius 2 is 0.781 bits per heavy atom. The van der Waals surface area contributed by atoms with Gasteiger partial charge in [0.1, 0.15) is 0 Å². The molecule has 1 saturated heterocycles. The number of Topliss-reactive ketones (excluding diaryl/α,β-unsaturated/α-hetero) is 1. The van der Waals surface area contributed by atoms with E-state index < -0.39 is 5.97 Å². The molecular formula is C57H83BrO6. The van der Waals surface area contributed by atoms with Crippen LogP contribution in [0.4, 0.5) is 0 Å². The lowest BCUT2D eigenvalue weighted by molar-refractivity contribution is -0.0441. The number of aliphatic hydroxyl groups is 1. The van der Waals surface area contributed by atoms with E-state index in [4.69, 9.17) is 19.7 Å². The fourth-order valence-corrected chi connectivity index (χ4v) is 4.47. The lowest BCUT2D eigenvalue weighted by Crippen LogP contribution is -1.96. The number of carboxylic acids is 1. The van der Waals surface area contributed by atoms with Gasteiger partial charge in [-0.25, -0.2) is 4.79 Å². The molecule has 1 fully saturated rings. The Hall–Kier alpha value is -5.18. The second kappa shape index (κ2) is 55.8. The highest BCUT2D eigenvalue weighted by Gasteiger charge is 2.16. The highest BCUT2D eigenvalue weighted by molar-refractivity contribution is 9.08. The highest BCUT2D eigenvalue weighted by Crippen LogP contribution is 2.22. The first-order valence-electron chi connectivity index (χ1n) is 22.7. The quantitative estimate of drug-likeness (QED) is 0.132. The molecule has 0 bridgehead atoms. The van der Waals surface area contributed by atoms with E-state index in [1.165, 1.54) is 11.1 Å². The van der Waals surface area contributed by atoms with Crippen LogP contribution in [-0.2, 0) is 21.4 Å². The molecular weight excluding hydrogens is 861 g/mol. The van der Waals surface area contributed by atoms with Crippen molar-refractivity contribution in [3.8, 4) is 0 Å². The van der Waals surface area contributed by atoms with Crippen molar-refractivity contribution in [3.63, 3.8) is 0 Å². The van der Waals surface area contributed by atoms with Crippen LogP contribution >= 0.6 is 15.9 Å². The first-order valence-corrected chi connectivity index (χ1v) is 23.8. The van der Waals surface area contributed by atoms with Crippen LogP contribution in [0.25, 0.3) is 0 Å². The number of benzene rings is 6. The van der Waals surface area contributed by atoms with Gasteiger partial charge in [-0.2, -0.15) is 0 Å². The third kappa shape index (κ3) is 40.9. The fraction of sp³-hybridized carbons (Fsp3) is 0.333. The van der Waals surface area contributed by atoms with Crippen LogP contribution in [0.5, 0.6) is 0 Å². The Morgan fingerprint density at radius 3 is 1.00 bits per heavy atom. The van der Waals surface area contributed by atoms with Gasteiger partial charge in [-0.05, 0) is 37.1 Å². The number of ether oxygens (including phenoxy) is 2. The van der Waals surface area contributed by atoms with Crippen LogP contribution in [0.2, 0.25) is 0 Å². The molecule has 0 amide bonds. The molecule has 0 radical (unpaired) electrons. The number of aryl methyl sites for hydroxylation is 1.